The molecule has 114 valence electrons. The molecule has 0 fully saturated rings. The van der Waals surface area contributed by atoms with Crippen LogP contribution in [-0.2, 0) is 13.0 Å². The Balaban J connectivity index is 1.53. The third-order valence-electron chi connectivity index (χ3n) is 4.33. The Morgan fingerprint density at radius 3 is 2.43 bits per heavy atom. The maximum absolute atomic E-state index is 12.7. The number of carbonyl (C=O) groups excluding carboxylic acids is 1. The molecule has 1 amide bonds. The summed E-state index contributed by atoms with van der Waals surface area (Å²) in [5.41, 5.74) is 4.38. The molecule has 0 radical (unpaired) electrons. The Kier molecular flexibility index (Phi) is 3.72. The zero-order valence-corrected chi connectivity index (χ0v) is 13.6. The summed E-state index contributed by atoms with van der Waals surface area (Å²) in [4.78, 5) is 16.1. The fraction of sp³-hybridized carbons (Fsp3) is 0.150. The van der Waals surface area contributed by atoms with Crippen molar-refractivity contribution in [3.63, 3.8) is 0 Å². The molecule has 0 saturated carbocycles. The first kappa shape index (κ1) is 14.2. The molecule has 3 heteroatoms. The minimum absolute atomic E-state index is 0.126. The van der Waals surface area contributed by atoms with Gasteiger partial charge in [-0.2, -0.15) is 0 Å². The van der Waals surface area contributed by atoms with Crippen LogP contribution in [0.3, 0.4) is 0 Å². The van der Waals surface area contributed by atoms with Crippen molar-refractivity contribution in [2.75, 3.05) is 6.54 Å². The van der Waals surface area contributed by atoms with E-state index in [0.29, 0.717) is 0 Å². The molecule has 0 unspecified atom stereocenters. The van der Waals surface area contributed by atoms with Crippen molar-refractivity contribution in [3.8, 4) is 11.1 Å². The maximum Gasteiger partial charge on any atom is 0.254 e. The van der Waals surface area contributed by atoms with Crippen LogP contribution in [0.2, 0.25) is 0 Å². The molecular weight excluding hydrogens is 302 g/mol. The lowest BCUT2D eigenvalue weighted by Gasteiger charge is -2.27. The number of nitrogens with zero attached hydrogens (tertiary/aromatic N) is 1. The van der Waals surface area contributed by atoms with Gasteiger partial charge in [-0.15, -0.1) is 11.3 Å². The molecule has 1 aliphatic heterocycles. The van der Waals surface area contributed by atoms with Crippen molar-refractivity contribution in [2.45, 2.75) is 13.0 Å². The Bertz CT molecular complexity index is 820. The first-order valence-corrected chi connectivity index (χ1v) is 8.69. The standard InChI is InChI=1S/C20H17NOS/c22-20(21-12-10-19-18(14-21)11-13-23-19)17-8-6-16(7-9-17)15-4-2-1-3-5-15/h1-9,11,13H,10,12,14H2. The van der Waals surface area contributed by atoms with Crippen molar-refractivity contribution in [1.82, 2.24) is 4.90 Å². The Morgan fingerprint density at radius 2 is 1.65 bits per heavy atom. The zero-order valence-electron chi connectivity index (χ0n) is 12.7. The molecule has 0 aliphatic carbocycles. The maximum atomic E-state index is 12.7. The van der Waals surface area contributed by atoms with Gasteiger partial charge in [-0.25, -0.2) is 0 Å². The fourth-order valence-corrected chi connectivity index (χ4v) is 3.93. The number of benzene rings is 2. The van der Waals surface area contributed by atoms with Gasteiger partial charge >= 0.3 is 0 Å². The largest absolute Gasteiger partial charge is 0.334 e. The molecule has 2 nitrogen and oxygen atoms in total. The van der Waals surface area contributed by atoms with Gasteiger partial charge in [0, 0.05) is 23.5 Å². The normalized spacial score (nSPS) is 13.7. The number of carbonyl (C=O) groups is 1. The minimum atomic E-state index is 0.126. The van der Waals surface area contributed by atoms with Crippen LogP contribution in [0.5, 0.6) is 0 Å². The van der Waals surface area contributed by atoms with Gasteiger partial charge in [0.25, 0.3) is 5.91 Å². The van der Waals surface area contributed by atoms with Gasteiger partial charge < -0.3 is 4.90 Å². The van der Waals surface area contributed by atoms with E-state index in [1.165, 1.54) is 16.0 Å². The minimum Gasteiger partial charge on any atom is -0.334 e. The number of fused-ring (bicyclic) bond motifs is 1. The number of rotatable bonds is 2. The molecule has 4 rings (SSSR count). The van der Waals surface area contributed by atoms with Crippen molar-refractivity contribution >= 4 is 17.2 Å². The summed E-state index contributed by atoms with van der Waals surface area (Å²) in [6, 6.07) is 20.3. The van der Waals surface area contributed by atoms with E-state index in [-0.39, 0.29) is 5.91 Å². The third kappa shape index (κ3) is 2.80. The SMILES string of the molecule is O=C(c1ccc(-c2ccccc2)cc1)N1CCc2sccc2C1. The second-order valence-electron chi connectivity index (χ2n) is 5.79. The molecule has 0 bridgehead atoms. The molecule has 1 aromatic heterocycles. The highest BCUT2D eigenvalue weighted by atomic mass is 32.1. The molecular formula is C20H17NOS. The summed E-state index contributed by atoms with van der Waals surface area (Å²) in [6.45, 7) is 1.55. The Labute approximate surface area is 140 Å². The topological polar surface area (TPSA) is 20.3 Å². The van der Waals surface area contributed by atoms with Crippen LogP contribution in [-0.4, -0.2) is 17.4 Å². The van der Waals surface area contributed by atoms with Crippen LogP contribution < -0.4 is 0 Å². The van der Waals surface area contributed by atoms with Gasteiger partial charge in [0.1, 0.15) is 0 Å². The smallest absolute Gasteiger partial charge is 0.254 e. The molecule has 0 spiro atoms. The van der Waals surface area contributed by atoms with Crippen molar-refractivity contribution in [1.29, 1.82) is 0 Å². The molecule has 0 atom stereocenters. The van der Waals surface area contributed by atoms with Crippen LogP contribution in [0, 0.1) is 0 Å². The fourth-order valence-electron chi connectivity index (χ4n) is 3.04. The predicted octanol–water partition coefficient (Wildman–Crippen LogP) is 4.61. The second kappa shape index (κ2) is 6.01. The summed E-state index contributed by atoms with van der Waals surface area (Å²) >= 11 is 1.80. The lowest BCUT2D eigenvalue weighted by Crippen LogP contribution is -2.35. The Morgan fingerprint density at radius 1 is 0.913 bits per heavy atom. The van der Waals surface area contributed by atoms with Gasteiger partial charge in [-0.1, -0.05) is 42.5 Å². The monoisotopic (exact) mass is 319 g/mol. The molecule has 3 aromatic rings. The quantitative estimate of drug-likeness (QED) is 0.675. The van der Waals surface area contributed by atoms with Gasteiger partial charge in [0.05, 0.1) is 0 Å². The van der Waals surface area contributed by atoms with E-state index in [1.54, 1.807) is 11.3 Å². The zero-order chi connectivity index (χ0) is 15.6. The van der Waals surface area contributed by atoms with E-state index in [1.807, 2.05) is 47.4 Å². The van der Waals surface area contributed by atoms with Crippen LogP contribution in [0.15, 0.2) is 66.0 Å². The first-order valence-electron chi connectivity index (χ1n) is 7.81. The van der Waals surface area contributed by atoms with E-state index < -0.39 is 0 Å². The van der Waals surface area contributed by atoms with E-state index in [9.17, 15) is 4.79 Å². The van der Waals surface area contributed by atoms with Crippen molar-refractivity contribution in [2.24, 2.45) is 0 Å². The van der Waals surface area contributed by atoms with Crippen LogP contribution in [0.25, 0.3) is 11.1 Å². The molecule has 2 aromatic carbocycles. The highest BCUT2D eigenvalue weighted by Crippen LogP contribution is 2.26. The highest BCUT2D eigenvalue weighted by Gasteiger charge is 2.22. The van der Waals surface area contributed by atoms with Gasteiger partial charge in [-0.3, -0.25) is 4.79 Å². The molecule has 2 heterocycles. The third-order valence-corrected chi connectivity index (χ3v) is 5.36. The molecule has 0 saturated heterocycles. The summed E-state index contributed by atoms with van der Waals surface area (Å²) in [7, 11) is 0. The first-order chi connectivity index (χ1) is 11.3. The number of hydrogen-bond donors (Lipinski definition) is 0. The average Bonchev–Trinajstić information content (AvgIpc) is 3.10. The van der Waals surface area contributed by atoms with E-state index >= 15 is 0 Å². The summed E-state index contributed by atoms with van der Waals surface area (Å²) in [5, 5.41) is 2.12. The molecule has 1 aliphatic rings. The number of hydrogen-bond acceptors (Lipinski definition) is 2. The lowest BCUT2D eigenvalue weighted by atomic mass is 10.0. The van der Waals surface area contributed by atoms with E-state index in [4.69, 9.17) is 0 Å². The van der Waals surface area contributed by atoms with Crippen LogP contribution in [0.4, 0.5) is 0 Å². The van der Waals surface area contributed by atoms with Gasteiger partial charge in [0.2, 0.25) is 0 Å². The van der Waals surface area contributed by atoms with Crippen molar-refractivity contribution < 1.29 is 4.79 Å². The molecule has 0 N–H and O–H groups in total. The Hall–Kier alpha value is -2.39. The summed E-state index contributed by atoms with van der Waals surface area (Å²) < 4.78 is 0. The van der Waals surface area contributed by atoms with Crippen LogP contribution in [0.1, 0.15) is 20.8 Å². The molecule has 23 heavy (non-hydrogen) atoms. The lowest BCUT2D eigenvalue weighted by molar-refractivity contribution is 0.0736. The average molecular weight is 319 g/mol. The van der Waals surface area contributed by atoms with Gasteiger partial charge in [0.15, 0.2) is 0 Å². The van der Waals surface area contributed by atoms with Crippen molar-refractivity contribution in [3.05, 3.63) is 82.0 Å². The summed E-state index contributed by atoms with van der Waals surface area (Å²) in [5.74, 6) is 0.126. The van der Waals surface area contributed by atoms with E-state index in [0.717, 1.165) is 30.6 Å². The second-order valence-corrected chi connectivity index (χ2v) is 6.79. The predicted molar refractivity (Wildman–Crippen MR) is 94.6 cm³/mol. The van der Waals surface area contributed by atoms with Crippen LogP contribution >= 0.6 is 11.3 Å². The number of amides is 1. The number of thiophene rings is 1. The van der Waals surface area contributed by atoms with Gasteiger partial charge in [-0.05, 0) is 46.7 Å². The summed E-state index contributed by atoms with van der Waals surface area (Å²) in [6.07, 6.45) is 0.973. The highest BCUT2D eigenvalue weighted by molar-refractivity contribution is 7.10. The van der Waals surface area contributed by atoms with E-state index in [2.05, 4.69) is 23.6 Å².